The Labute approximate surface area is 80.1 Å². The Morgan fingerprint density at radius 3 is 2.15 bits per heavy atom. The van der Waals surface area contributed by atoms with E-state index >= 15 is 0 Å². The van der Waals surface area contributed by atoms with Gasteiger partial charge in [-0.2, -0.15) is 0 Å². The number of sulfonamides is 1. The molecule has 0 aromatic rings. The Kier molecular flexibility index (Phi) is 3.32. The molecule has 4 nitrogen and oxygen atoms in total. The summed E-state index contributed by atoms with van der Waals surface area (Å²) in [5, 5.41) is 3.36. The van der Waals surface area contributed by atoms with Crippen molar-refractivity contribution in [2.75, 3.05) is 6.26 Å². The van der Waals surface area contributed by atoms with Gasteiger partial charge in [0, 0.05) is 18.1 Å². The van der Waals surface area contributed by atoms with Crippen molar-refractivity contribution in [3.8, 4) is 0 Å². The highest BCUT2D eigenvalue weighted by molar-refractivity contribution is 7.88. The second kappa shape index (κ2) is 3.94. The van der Waals surface area contributed by atoms with E-state index in [1.54, 1.807) is 0 Å². The SMILES string of the molecule is CC(C)NC1CC(NS(C)(=O)=O)C1. The zero-order valence-corrected chi connectivity index (χ0v) is 9.19. The van der Waals surface area contributed by atoms with Gasteiger partial charge in [-0.1, -0.05) is 13.8 Å². The van der Waals surface area contributed by atoms with Gasteiger partial charge in [-0.15, -0.1) is 0 Å². The van der Waals surface area contributed by atoms with Crippen LogP contribution in [0.25, 0.3) is 0 Å². The van der Waals surface area contributed by atoms with Crippen LogP contribution in [0.4, 0.5) is 0 Å². The van der Waals surface area contributed by atoms with Gasteiger partial charge in [-0.05, 0) is 12.8 Å². The molecule has 2 N–H and O–H groups in total. The summed E-state index contributed by atoms with van der Waals surface area (Å²) in [6.45, 7) is 4.19. The van der Waals surface area contributed by atoms with Gasteiger partial charge in [0.15, 0.2) is 0 Å². The average Bonchev–Trinajstić information content (AvgIpc) is 1.78. The lowest BCUT2D eigenvalue weighted by Crippen LogP contribution is -2.53. The fourth-order valence-corrected chi connectivity index (χ4v) is 2.42. The quantitative estimate of drug-likeness (QED) is 0.684. The zero-order valence-electron chi connectivity index (χ0n) is 8.37. The third-order valence-electron chi connectivity index (χ3n) is 2.09. The van der Waals surface area contributed by atoms with Gasteiger partial charge in [-0.25, -0.2) is 13.1 Å². The van der Waals surface area contributed by atoms with Crippen LogP contribution in [0.2, 0.25) is 0 Å². The summed E-state index contributed by atoms with van der Waals surface area (Å²) < 4.78 is 24.3. The summed E-state index contributed by atoms with van der Waals surface area (Å²) in [6, 6.07) is 1.11. The van der Waals surface area contributed by atoms with Crippen LogP contribution in [0.3, 0.4) is 0 Å². The fourth-order valence-electron chi connectivity index (χ4n) is 1.62. The molecule has 0 atom stereocenters. The molecule has 0 unspecified atom stereocenters. The second-order valence-corrected chi connectivity index (χ2v) is 5.86. The van der Waals surface area contributed by atoms with Crippen LogP contribution in [-0.2, 0) is 10.0 Å². The lowest BCUT2D eigenvalue weighted by atomic mass is 9.87. The Morgan fingerprint density at radius 2 is 1.77 bits per heavy atom. The third-order valence-corrected chi connectivity index (χ3v) is 2.85. The lowest BCUT2D eigenvalue weighted by Gasteiger charge is -2.37. The lowest BCUT2D eigenvalue weighted by molar-refractivity contribution is 0.261. The van der Waals surface area contributed by atoms with Crippen molar-refractivity contribution >= 4 is 10.0 Å². The molecule has 5 heteroatoms. The molecule has 0 spiro atoms. The van der Waals surface area contributed by atoms with E-state index < -0.39 is 10.0 Å². The van der Waals surface area contributed by atoms with Gasteiger partial charge in [0.25, 0.3) is 0 Å². The van der Waals surface area contributed by atoms with Crippen molar-refractivity contribution in [2.45, 2.75) is 44.8 Å². The monoisotopic (exact) mass is 206 g/mol. The summed E-state index contributed by atoms with van der Waals surface area (Å²) in [4.78, 5) is 0. The molecule has 1 aliphatic carbocycles. The molecule has 13 heavy (non-hydrogen) atoms. The molecule has 0 heterocycles. The van der Waals surface area contributed by atoms with E-state index in [0.717, 1.165) is 12.8 Å². The smallest absolute Gasteiger partial charge is 0.208 e. The first-order valence-electron chi connectivity index (χ1n) is 4.60. The summed E-state index contributed by atoms with van der Waals surface area (Å²) in [5.41, 5.74) is 0. The van der Waals surface area contributed by atoms with E-state index in [4.69, 9.17) is 0 Å². The number of nitrogens with one attached hydrogen (secondary N) is 2. The van der Waals surface area contributed by atoms with Gasteiger partial charge in [0.2, 0.25) is 10.0 Å². The summed E-state index contributed by atoms with van der Waals surface area (Å²) in [7, 11) is -3.01. The van der Waals surface area contributed by atoms with E-state index in [9.17, 15) is 8.42 Å². The van der Waals surface area contributed by atoms with Crippen LogP contribution < -0.4 is 10.0 Å². The molecule has 0 amide bonds. The molecule has 78 valence electrons. The Morgan fingerprint density at radius 1 is 1.23 bits per heavy atom. The molecule has 0 aromatic carbocycles. The van der Waals surface area contributed by atoms with Crippen LogP contribution in [0.15, 0.2) is 0 Å². The molecular weight excluding hydrogens is 188 g/mol. The largest absolute Gasteiger partial charge is 0.312 e. The highest BCUT2D eigenvalue weighted by atomic mass is 32.2. The number of hydrogen-bond acceptors (Lipinski definition) is 3. The number of rotatable bonds is 4. The van der Waals surface area contributed by atoms with E-state index in [-0.39, 0.29) is 6.04 Å². The van der Waals surface area contributed by atoms with Gasteiger partial charge >= 0.3 is 0 Å². The van der Waals surface area contributed by atoms with Crippen molar-refractivity contribution in [3.05, 3.63) is 0 Å². The Hall–Kier alpha value is -0.130. The fraction of sp³-hybridized carbons (Fsp3) is 1.00. The van der Waals surface area contributed by atoms with Gasteiger partial charge < -0.3 is 5.32 Å². The maximum Gasteiger partial charge on any atom is 0.208 e. The predicted molar refractivity (Wildman–Crippen MR) is 53.1 cm³/mol. The topological polar surface area (TPSA) is 58.2 Å². The van der Waals surface area contributed by atoms with Crippen LogP contribution in [0, 0.1) is 0 Å². The highest BCUT2D eigenvalue weighted by Crippen LogP contribution is 2.20. The van der Waals surface area contributed by atoms with Crippen molar-refractivity contribution < 1.29 is 8.42 Å². The van der Waals surface area contributed by atoms with Gasteiger partial charge in [0.1, 0.15) is 0 Å². The molecule has 0 aliphatic heterocycles. The van der Waals surface area contributed by atoms with E-state index in [0.29, 0.717) is 12.1 Å². The normalized spacial score (nSPS) is 28.9. The minimum absolute atomic E-state index is 0.145. The van der Waals surface area contributed by atoms with Crippen LogP contribution in [0.1, 0.15) is 26.7 Å². The molecule has 0 saturated heterocycles. The van der Waals surface area contributed by atoms with Gasteiger partial charge in [-0.3, -0.25) is 0 Å². The van der Waals surface area contributed by atoms with Gasteiger partial charge in [0.05, 0.1) is 6.26 Å². The van der Waals surface area contributed by atoms with E-state index in [1.165, 1.54) is 6.26 Å². The maximum atomic E-state index is 10.8. The first-order valence-corrected chi connectivity index (χ1v) is 6.49. The minimum Gasteiger partial charge on any atom is -0.312 e. The minimum atomic E-state index is -3.01. The van der Waals surface area contributed by atoms with Crippen LogP contribution in [0.5, 0.6) is 0 Å². The summed E-state index contributed by atoms with van der Waals surface area (Å²) >= 11 is 0. The summed E-state index contributed by atoms with van der Waals surface area (Å²) in [6.07, 6.45) is 3.02. The van der Waals surface area contributed by atoms with Crippen molar-refractivity contribution in [1.29, 1.82) is 0 Å². The molecule has 1 aliphatic rings. The summed E-state index contributed by atoms with van der Waals surface area (Å²) in [5.74, 6) is 0. The van der Waals surface area contributed by atoms with Crippen LogP contribution >= 0.6 is 0 Å². The van der Waals surface area contributed by atoms with Crippen molar-refractivity contribution in [2.24, 2.45) is 0 Å². The Balaban J connectivity index is 2.19. The van der Waals surface area contributed by atoms with Crippen molar-refractivity contribution in [3.63, 3.8) is 0 Å². The number of hydrogen-bond donors (Lipinski definition) is 2. The molecule has 1 rings (SSSR count). The third kappa shape index (κ3) is 4.06. The first-order chi connectivity index (χ1) is 5.87. The van der Waals surface area contributed by atoms with E-state index in [2.05, 4.69) is 23.9 Å². The first kappa shape index (κ1) is 10.9. The predicted octanol–water partition coefficient (Wildman–Crippen LogP) is 0.0646. The Bertz CT molecular complexity index is 255. The molecule has 0 bridgehead atoms. The average molecular weight is 206 g/mol. The molecule has 1 fully saturated rings. The molecule has 0 aromatic heterocycles. The van der Waals surface area contributed by atoms with Crippen LogP contribution in [-0.4, -0.2) is 32.8 Å². The standard InChI is InChI=1S/C8H18N2O2S/c1-6(2)9-7-4-8(5-7)10-13(3,11)12/h6-10H,4-5H2,1-3H3. The molecule has 1 saturated carbocycles. The van der Waals surface area contributed by atoms with E-state index in [1.807, 2.05) is 0 Å². The van der Waals surface area contributed by atoms with Crippen molar-refractivity contribution in [1.82, 2.24) is 10.0 Å². The molecule has 0 radical (unpaired) electrons. The second-order valence-electron chi connectivity index (χ2n) is 4.08. The maximum absolute atomic E-state index is 10.8. The zero-order chi connectivity index (χ0) is 10.1. The molecular formula is C8H18N2O2S. The highest BCUT2D eigenvalue weighted by Gasteiger charge is 2.30.